The summed E-state index contributed by atoms with van der Waals surface area (Å²) in [6.45, 7) is 4.54. The number of fused-ring (bicyclic) bond motifs is 4. The topological polar surface area (TPSA) is 86.1 Å². The van der Waals surface area contributed by atoms with E-state index in [1.165, 1.54) is 22.0 Å². The van der Waals surface area contributed by atoms with Crippen molar-refractivity contribution in [3.8, 4) is 0 Å². The zero-order valence-corrected chi connectivity index (χ0v) is 16.2. The average Bonchev–Trinajstić information content (AvgIpc) is 3.26. The highest BCUT2D eigenvalue weighted by molar-refractivity contribution is 6.01. The molecule has 2 aromatic carbocycles. The number of imidazole rings is 1. The maximum absolute atomic E-state index is 12.8. The van der Waals surface area contributed by atoms with Gasteiger partial charge in [-0.1, -0.05) is 12.1 Å². The minimum Gasteiger partial charge on any atom is -0.448 e. The smallest absolute Gasteiger partial charge is 0.297 e. The Balaban J connectivity index is 1.45. The second-order valence-electron chi connectivity index (χ2n) is 7.45. The standard InChI is InChI=1S/C22H20N4O3/c1-13-7-17-18(8-14(13)2)25(11-23-17)9-15(27)10-26-12-24-20-16-5-3-4-6-19(16)29-21(20)22(26)28/h3-8,11-12,15,27H,9-10H2,1-2H3. The summed E-state index contributed by atoms with van der Waals surface area (Å²) >= 11 is 0. The Kier molecular flexibility index (Phi) is 3.99. The lowest BCUT2D eigenvalue weighted by Crippen LogP contribution is -2.29. The fourth-order valence-corrected chi connectivity index (χ4v) is 3.72. The molecule has 3 heterocycles. The monoisotopic (exact) mass is 388 g/mol. The number of aromatic nitrogens is 4. The van der Waals surface area contributed by atoms with E-state index in [-0.39, 0.29) is 17.7 Å². The molecular weight excluding hydrogens is 368 g/mol. The zero-order valence-electron chi connectivity index (χ0n) is 16.2. The molecule has 0 bridgehead atoms. The molecule has 29 heavy (non-hydrogen) atoms. The summed E-state index contributed by atoms with van der Waals surface area (Å²) in [7, 11) is 0. The van der Waals surface area contributed by atoms with Crippen LogP contribution in [0.15, 0.2) is 58.3 Å². The Morgan fingerprint density at radius 3 is 2.62 bits per heavy atom. The lowest BCUT2D eigenvalue weighted by Gasteiger charge is -2.14. The summed E-state index contributed by atoms with van der Waals surface area (Å²) in [6, 6.07) is 11.5. The number of rotatable bonds is 4. The van der Waals surface area contributed by atoms with E-state index < -0.39 is 6.10 Å². The summed E-state index contributed by atoms with van der Waals surface area (Å²) in [5.74, 6) is 0. The van der Waals surface area contributed by atoms with Crippen LogP contribution in [0.2, 0.25) is 0 Å². The quantitative estimate of drug-likeness (QED) is 0.511. The van der Waals surface area contributed by atoms with Crippen molar-refractivity contribution in [3.05, 3.63) is 70.5 Å². The number of nitrogens with zero attached hydrogens (tertiary/aromatic N) is 4. The molecule has 0 amide bonds. The summed E-state index contributed by atoms with van der Waals surface area (Å²) in [5.41, 5.74) is 5.29. The number of hydrogen-bond acceptors (Lipinski definition) is 5. The molecule has 0 spiro atoms. The summed E-state index contributed by atoms with van der Waals surface area (Å²) in [4.78, 5) is 21.6. The molecule has 0 radical (unpaired) electrons. The van der Waals surface area contributed by atoms with Gasteiger partial charge in [-0.05, 0) is 49.2 Å². The van der Waals surface area contributed by atoms with E-state index in [2.05, 4.69) is 29.9 Å². The summed E-state index contributed by atoms with van der Waals surface area (Å²) < 4.78 is 9.00. The maximum atomic E-state index is 12.8. The SMILES string of the molecule is Cc1cc2ncn(CC(O)Cn3cnc4c(oc5ccccc54)c3=O)c2cc1C. The molecule has 1 unspecified atom stereocenters. The van der Waals surface area contributed by atoms with Crippen molar-refractivity contribution >= 4 is 33.1 Å². The first-order valence-electron chi connectivity index (χ1n) is 9.48. The fraction of sp³-hybridized carbons (Fsp3) is 0.227. The Hall–Kier alpha value is -3.45. The van der Waals surface area contributed by atoms with E-state index in [4.69, 9.17) is 4.42 Å². The van der Waals surface area contributed by atoms with E-state index in [1.54, 1.807) is 6.33 Å². The number of aliphatic hydroxyl groups excluding tert-OH is 1. The Bertz CT molecular complexity index is 1430. The Morgan fingerprint density at radius 2 is 1.76 bits per heavy atom. The molecule has 3 aromatic heterocycles. The van der Waals surface area contributed by atoms with Crippen molar-refractivity contribution in [2.75, 3.05) is 0 Å². The summed E-state index contributed by atoms with van der Waals surface area (Å²) in [5, 5.41) is 11.4. The molecule has 0 aliphatic carbocycles. The number of para-hydroxylation sites is 1. The molecule has 0 fully saturated rings. The van der Waals surface area contributed by atoms with Crippen LogP contribution >= 0.6 is 0 Å². The predicted octanol–water partition coefficient (Wildman–Crippen LogP) is 3.17. The molecule has 1 N–H and O–H groups in total. The molecule has 5 rings (SSSR count). The van der Waals surface area contributed by atoms with Gasteiger partial charge in [-0.15, -0.1) is 0 Å². The molecule has 0 aliphatic heterocycles. The molecule has 5 aromatic rings. The van der Waals surface area contributed by atoms with Crippen molar-refractivity contribution in [2.45, 2.75) is 33.0 Å². The van der Waals surface area contributed by atoms with Crippen LogP contribution in [0.25, 0.3) is 33.1 Å². The number of aryl methyl sites for hydroxylation is 2. The lowest BCUT2D eigenvalue weighted by molar-refractivity contribution is 0.134. The third-order valence-electron chi connectivity index (χ3n) is 5.40. The van der Waals surface area contributed by atoms with Gasteiger partial charge in [0.25, 0.3) is 5.56 Å². The van der Waals surface area contributed by atoms with Crippen LogP contribution < -0.4 is 5.56 Å². The van der Waals surface area contributed by atoms with E-state index in [0.717, 1.165) is 16.4 Å². The van der Waals surface area contributed by atoms with Gasteiger partial charge >= 0.3 is 0 Å². The van der Waals surface area contributed by atoms with Crippen molar-refractivity contribution in [1.82, 2.24) is 19.1 Å². The molecule has 1 atom stereocenters. The molecule has 0 aliphatic rings. The number of hydrogen-bond donors (Lipinski definition) is 1. The van der Waals surface area contributed by atoms with Crippen LogP contribution in [0.5, 0.6) is 0 Å². The summed E-state index contributed by atoms with van der Waals surface area (Å²) in [6.07, 6.45) is 2.40. The second kappa shape index (κ2) is 6.56. The molecule has 146 valence electrons. The second-order valence-corrected chi connectivity index (χ2v) is 7.45. The van der Waals surface area contributed by atoms with Crippen LogP contribution in [0.4, 0.5) is 0 Å². The third kappa shape index (κ3) is 2.91. The first-order chi connectivity index (χ1) is 14.0. The average molecular weight is 388 g/mol. The van der Waals surface area contributed by atoms with Gasteiger partial charge in [0, 0.05) is 5.39 Å². The van der Waals surface area contributed by atoms with Gasteiger partial charge in [0.15, 0.2) is 0 Å². The minimum atomic E-state index is -0.782. The van der Waals surface area contributed by atoms with Crippen molar-refractivity contribution in [3.63, 3.8) is 0 Å². The van der Waals surface area contributed by atoms with Crippen molar-refractivity contribution in [1.29, 1.82) is 0 Å². The van der Waals surface area contributed by atoms with Gasteiger partial charge in [0.05, 0.1) is 42.9 Å². The zero-order chi connectivity index (χ0) is 20.1. The van der Waals surface area contributed by atoms with Crippen molar-refractivity contribution < 1.29 is 9.52 Å². The normalized spacial score (nSPS) is 12.9. The Morgan fingerprint density at radius 1 is 1.03 bits per heavy atom. The van der Waals surface area contributed by atoms with Crippen LogP contribution in [0, 0.1) is 13.8 Å². The van der Waals surface area contributed by atoms with Gasteiger partial charge < -0.3 is 14.1 Å². The van der Waals surface area contributed by atoms with E-state index in [0.29, 0.717) is 17.6 Å². The van der Waals surface area contributed by atoms with Gasteiger partial charge in [0.2, 0.25) is 5.58 Å². The van der Waals surface area contributed by atoms with E-state index in [9.17, 15) is 9.90 Å². The fourth-order valence-electron chi connectivity index (χ4n) is 3.72. The highest BCUT2D eigenvalue weighted by Crippen LogP contribution is 2.24. The third-order valence-corrected chi connectivity index (χ3v) is 5.40. The van der Waals surface area contributed by atoms with Crippen LogP contribution in [-0.4, -0.2) is 30.3 Å². The number of aliphatic hydroxyl groups is 1. The van der Waals surface area contributed by atoms with E-state index >= 15 is 0 Å². The molecule has 7 nitrogen and oxygen atoms in total. The molecule has 0 saturated heterocycles. The lowest BCUT2D eigenvalue weighted by atomic mass is 10.1. The highest BCUT2D eigenvalue weighted by atomic mass is 16.3. The largest absolute Gasteiger partial charge is 0.448 e. The van der Waals surface area contributed by atoms with E-state index in [1.807, 2.05) is 34.9 Å². The van der Waals surface area contributed by atoms with Crippen molar-refractivity contribution in [2.24, 2.45) is 0 Å². The van der Waals surface area contributed by atoms with Crippen LogP contribution in [0.3, 0.4) is 0 Å². The van der Waals surface area contributed by atoms with Gasteiger partial charge in [-0.3, -0.25) is 9.36 Å². The van der Waals surface area contributed by atoms with Gasteiger partial charge in [-0.2, -0.15) is 0 Å². The van der Waals surface area contributed by atoms with Gasteiger partial charge in [0.1, 0.15) is 11.1 Å². The maximum Gasteiger partial charge on any atom is 0.297 e. The van der Waals surface area contributed by atoms with Crippen LogP contribution in [-0.2, 0) is 13.1 Å². The van der Waals surface area contributed by atoms with Gasteiger partial charge in [-0.25, -0.2) is 9.97 Å². The molecular formula is C22H20N4O3. The highest BCUT2D eigenvalue weighted by Gasteiger charge is 2.16. The number of benzene rings is 2. The number of furan rings is 1. The Labute approximate surface area is 165 Å². The van der Waals surface area contributed by atoms with Crippen LogP contribution in [0.1, 0.15) is 11.1 Å². The first kappa shape index (κ1) is 17.6. The minimum absolute atomic E-state index is 0.114. The molecule has 7 heteroatoms. The first-order valence-corrected chi connectivity index (χ1v) is 9.48. The predicted molar refractivity (Wildman–Crippen MR) is 111 cm³/mol. The molecule has 0 saturated carbocycles.